The van der Waals surface area contributed by atoms with Crippen LogP contribution in [0.5, 0.6) is 0 Å². The summed E-state index contributed by atoms with van der Waals surface area (Å²) in [7, 11) is 0. The summed E-state index contributed by atoms with van der Waals surface area (Å²) in [6.45, 7) is 5.71. The van der Waals surface area contributed by atoms with Crippen LogP contribution < -0.4 is 0 Å². The van der Waals surface area contributed by atoms with E-state index in [1.54, 1.807) is 0 Å². The predicted octanol–water partition coefficient (Wildman–Crippen LogP) is 8.01. The number of aliphatic hydroxyl groups excluding tert-OH is 3. The van der Waals surface area contributed by atoms with Crippen molar-refractivity contribution < 1.29 is 53.4 Å². The molecule has 306 valence electrons. The van der Waals surface area contributed by atoms with Crippen molar-refractivity contribution in [2.45, 2.75) is 225 Å². The van der Waals surface area contributed by atoms with Crippen LogP contribution in [0.15, 0.2) is 0 Å². The molecule has 11 heteroatoms. The van der Waals surface area contributed by atoms with Gasteiger partial charge in [-0.25, -0.2) is 0 Å². The Morgan fingerprint density at radius 1 is 0.500 bits per heavy atom. The van der Waals surface area contributed by atoms with Crippen LogP contribution in [0.2, 0.25) is 0 Å². The van der Waals surface area contributed by atoms with Crippen molar-refractivity contribution in [3.63, 3.8) is 0 Å². The Balaban J connectivity index is 2.61. The maximum absolute atomic E-state index is 12.7. The lowest BCUT2D eigenvalue weighted by Gasteiger charge is -2.40. The molecule has 1 saturated heterocycles. The highest BCUT2D eigenvalue weighted by atomic mass is 16.7. The minimum Gasteiger partial charge on any atom is -0.463 e. The van der Waals surface area contributed by atoms with Gasteiger partial charge in [0.25, 0.3) is 0 Å². The van der Waals surface area contributed by atoms with Gasteiger partial charge in [-0.2, -0.15) is 0 Å². The van der Waals surface area contributed by atoms with Gasteiger partial charge in [0.1, 0.15) is 37.6 Å². The van der Waals surface area contributed by atoms with Crippen LogP contribution in [-0.2, 0) is 38.1 Å². The van der Waals surface area contributed by atoms with E-state index in [9.17, 15) is 29.7 Å². The van der Waals surface area contributed by atoms with Gasteiger partial charge in [-0.15, -0.1) is 0 Å². The van der Waals surface area contributed by atoms with E-state index in [0.717, 1.165) is 64.2 Å². The molecule has 0 amide bonds. The Kier molecular flexibility index (Phi) is 30.3. The van der Waals surface area contributed by atoms with E-state index in [1.807, 2.05) is 0 Å². The number of rotatable bonds is 34. The topological polar surface area (TPSA) is 158 Å². The largest absolute Gasteiger partial charge is 0.463 e. The highest BCUT2D eigenvalue weighted by Gasteiger charge is 2.45. The molecule has 6 atom stereocenters. The molecule has 1 fully saturated rings. The molecule has 0 aromatic heterocycles. The van der Waals surface area contributed by atoms with Gasteiger partial charge in [0.2, 0.25) is 0 Å². The third kappa shape index (κ3) is 24.5. The molecule has 0 bridgehead atoms. The standard InChI is InChI=1S/C41H76O11/c1-4-7-10-13-16-19-21-24-27-35(42)48-30-33(51-37(44)29-26-23-18-15-12-9-6-3)31-50-41-40(47)39(46)38(45)34(52-41)32-49-36(43)28-25-22-20-17-14-11-8-5-2/h33-34,38-41,45-47H,4-32H2,1-3H3/t33-,34+,38-,39-,40+,41+/m0/s1. The summed E-state index contributed by atoms with van der Waals surface area (Å²) in [5.41, 5.74) is 0. The summed E-state index contributed by atoms with van der Waals surface area (Å²) in [4.78, 5) is 37.6. The van der Waals surface area contributed by atoms with Crippen molar-refractivity contribution in [1.82, 2.24) is 0 Å². The summed E-state index contributed by atoms with van der Waals surface area (Å²) in [5.74, 6) is -1.26. The number of hydrogen-bond acceptors (Lipinski definition) is 11. The Hall–Kier alpha value is -1.79. The summed E-state index contributed by atoms with van der Waals surface area (Å²) in [6.07, 6.45) is 17.4. The quantitative estimate of drug-likeness (QED) is 0.0333. The normalized spacial score (nSPS) is 20.8. The van der Waals surface area contributed by atoms with E-state index in [2.05, 4.69) is 20.8 Å². The van der Waals surface area contributed by atoms with Gasteiger partial charge in [-0.1, -0.05) is 149 Å². The highest BCUT2D eigenvalue weighted by Crippen LogP contribution is 2.23. The average Bonchev–Trinajstić information content (AvgIpc) is 3.13. The lowest BCUT2D eigenvalue weighted by atomic mass is 9.99. The minimum atomic E-state index is -1.63. The highest BCUT2D eigenvalue weighted by molar-refractivity contribution is 5.70. The Bertz CT molecular complexity index is 885. The van der Waals surface area contributed by atoms with Gasteiger partial charge in [0.05, 0.1) is 6.61 Å². The fourth-order valence-corrected chi connectivity index (χ4v) is 6.29. The number of carbonyl (C=O) groups is 3. The van der Waals surface area contributed by atoms with Crippen molar-refractivity contribution in [2.75, 3.05) is 19.8 Å². The van der Waals surface area contributed by atoms with Crippen molar-refractivity contribution in [2.24, 2.45) is 0 Å². The van der Waals surface area contributed by atoms with E-state index in [0.29, 0.717) is 12.8 Å². The van der Waals surface area contributed by atoms with Crippen LogP contribution in [0.25, 0.3) is 0 Å². The molecule has 0 aromatic rings. The maximum Gasteiger partial charge on any atom is 0.306 e. The van der Waals surface area contributed by atoms with E-state index in [1.165, 1.54) is 70.6 Å². The molecule has 3 N–H and O–H groups in total. The lowest BCUT2D eigenvalue weighted by Crippen LogP contribution is -2.59. The second kappa shape index (κ2) is 32.6. The van der Waals surface area contributed by atoms with E-state index in [4.69, 9.17) is 23.7 Å². The third-order valence-corrected chi connectivity index (χ3v) is 9.71. The molecule has 1 heterocycles. The first-order valence-electron chi connectivity index (χ1n) is 21.0. The Morgan fingerprint density at radius 3 is 1.37 bits per heavy atom. The summed E-state index contributed by atoms with van der Waals surface area (Å²) >= 11 is 0. The SMILES string of the molecule is CCCCCCCCCCC(=O)OC[C@@H](CO[C@@H]1O[C@H](COC(=O)CCCCCCCCCC)[C@H](O)[C@H](O)[C@H]1O)OC(=O)CCCCCCCCC. The zero-order valence-electron chi connectivity index (χ0n) is 33.1. The molecular formula is C41H76O11. The van der Waals surface area contributed by atoms with Gasteiger partial charge in [-0.05, 0) is 19.3 Å². The Labute approximate surface area is 315 Å². The van der Waals surface area contributed by atoms with Gasteiger partial charge >= 0.3 is 17.9 Å². The smallest absolute Gasteiger partial charge is 0.306 e. The third-order valence-electron chi connectivity index (χ3n) is 9.71. The van der Waals surface area contributed by atoms with Gasteiger partial charge in [-0.3, -0.25) is 14.4 Å². The van der Waals surface area contributed by atoms with Crippen LogP contribution >= 0.6 is 0 Å². The fourth-order valence-electron chi connectivity index (χ4n) is 6.29. The fraction of sp³-hybridized carbons (Fsp3) is 0.927. The summed E-state index contributed by atoms with van der Waals surface area (Å²) in [5, 5.41) is 31.7. The maximum atomic E-state index is 12.7. The predicted molar refractivity (Wildman–Crippen MR) is 201 cm³/mol. The van der Waals surface area contributed by atoms with Crippen LogP contribution in [0.4, 0.5) is 0 Å². The second-order valence-electron chi connectivity index (χ2n) is 14.6. The number of aliphatic hydroxyl groups is 3. The van der Waals surface area contributed by atoms with Crippen LogP contribution in [-0.4, -0.2) is 89.9 Å². The molecule has 52 heavy (non-hydrogen) atoms. The Morgan fingerprint density at radius 2 is 0.904 bits per heavy atom. The first kappa shape index (κ1) is 48.2. The molecule has 11 nitrogen and oxygen atoms in total. The van der Waals surface area contributed by atoms with Gasteiger partial charge in [0, 0.05) is 19.3 Å². The molecule has 0 aromatic carbocycles. The molecule has 0 spiro atoms. The minimum absolute atomic E-state index is 0.219. The molecule has 1 rings (SSSR count). The van der Waals surface area contributed by atoms with Crippen molar-refractivity contribution >= 4 is 17.9 Å². The number of unbranched alkanes of at least 4 members (excludes halogenated alkanes) is 20. The molecule has 1 aliphatic rings. The summed E-state index contributed by atoms with van der Waals surface area (Å²) in [6, 6.07) is 0. The van der Waals surface area contributed by atoms with Crippen LogP contribution in [0, 0.1) is 0 Å². The van der Waals surface area contributed by atoms with Gasteiger partial charge in [0.15, 0.2) is 12.4 Å². The van der Waals surface area contributed by atoms with Crippen molar-refractivity contribution in [3.8, 4) is 0 Å². The average molecular weight is 745 g/mol. The summed E-state index contributed by atoms with van der Waals surface area (Å²) < 4.78 is 27.9. The second-order valence-corrected chi connectivity index (χ2v) is 14.6. The van der Waals surface area contributed by atoms with Crippen LogP contribution in [0.1, 0.15) is 188 Å². The number of ether oxygens (including phenoxy) is 5. The van der Waals surface area contributed by atoms with Crippen LogP contribution in [0.3, 0.4) is 0 Å². The molecular weight excluding hydrogens is 668 g/mol. The molecule has 0 aliphatic carbocycles. The molecule has 0 radical (unpaired) electrons. The van der Waals surface area contributed by atoms with E-state index in [-0.39, 0.29) is 45.1 Å². The van der Waals surface area contributed by atoms with Gasteiger partial charge < -0.3 is 39.0 Å². The lowest BCUT2D eigenvalue weighted by molar-refractivity contribution is -0.305. The number of carbonyl (C=O) groups excluding carboxylic acids is 3. The van der Waals surface area contributed by atoms with Crippen molar-refractivity contribution in [1.29, 1.82) is 0 Å². The number of esters is 3. The zero-order chi connectivity index (χ0) is 38.2. The number of hydrogen-bond donors (Lipinski definition) is 3. The van der Waals surface area contributed by atoms with Crippen molar-refractivity contribution in [3.05, 3.63) is 0 Å². The van der Waals surface area contributed by atoms with E-state index >= 15 is 0 Å². The first-order valence-corrected chi connectivity index (χ1v) is 21.0. The first-order chi connectivity index (χ1) is 25.2. The van der Waals surface area contributed by atoms with E-state index < -0.39 is 48.7 Å². The molecule has 0 unspecified atom stereocenters. The monoisotopic (exact) mass is 745 g/mol. The zero-order valence-corrected chi connectivity index (χ0v) is 33.1. The molecule has 1 aliphatic heterocycles. The molecule has 0 saturated carbocycles.